The number of carbonyl (C=O) groups is 1. The van der Waals surface area contributed by atoms with E-state index in [4.69, 9.17) is 4.74 Å². The molecule has 0 atom stereocenters. The predicted octanol–water partition coefficient (Wildman–Crippen LogP) is 2.91. The van der Waals surface area contributed by atoms with Crippen LogP contribution in [0.4, 0.5) is 23.2 Å². The molecule has 0 fully saturated rings. The van der Waals surface area contributed by atoms with Gasteiger partial charge in [-0.15, -0.1) is 0 Å². The van der Waals surface area contributed by atoms with Crippen LogP contribution < -0.4 is 14.8 Å². The summed E-state index contributed by atoms with van der Waals surface area (Å²) in [5.41, 5.74) is -0.927. The molecule has 2 aromatic carbocycles. The van der Waals surface area contributed by atoms with Gasteiger partial charge in [0.2, 0.25) is 10.0 Å². The molecule has 0 aromatic heterocycles. The van der Waals surface area contributed by atoms with E-state index in [1.807, 2.05) is 4.72 Å². The van der Waals surface area contributed by atoms with E-state index in [1.54, 1.807) is 0 Å². The largest absolute Gasteiger partial charge is 0.483 e. The Balaban J connectivity index is 1.93. The molecule has 28 heavy (non-hydrogen) atoms. The molecule has 2 aromatic rings. The van der Waals surface area contributed by atoms with Crippen molar-refractivity contribution in [3.05, 3.63) is 59.4 Å². The SMILES string of the molecule is CS(=O)(=O)Nc1ccc(CNC(=O)COc2ccccc2C(F)(F)F)cc1F. The second kappa shape index (κ2) is 8.46. The Morgan fingerprint density at radius 2 is 1.82 bits per heavy atom. The minimum atomic E-state index is -4.62. The molecule has 0 saturated heterocycles. The van der Waals surface area contributed by atoms with Gasteiger partial charge >= 0.3 is 6.18 Å². The Hall–Kier alpha value is -2.82. The molecule has 11 heteroatoms. The number of rotatable bonds is 7. The third-order valence-electron chi connectivity index (χ3n) is 3.37. The zero-order valence-corrected chi connectivity index (χ0v) is 15.3. The first-order chi connectivity index (χ1) is 13.0. The van der Waals surface area contributed by atoms with Crippen LogP contribution in [0.1, 0.15) is 11.1 Å². The summed E-state index contributed by atoms with van der Waals surface area (Å²) in [6, 6.07) is 8.07. The van der Waals surface area contributed by atoms with Crippen LogP contribution >= 0.6 is 0 Å². The van der Waals surface area contributed by atoms with Crippen LogP contribution in [0.5, 0.6) is 5.75 Å². The zero-order chi connectivity index (χ0) is 20.9. The van der Waals surface area contributed by atoms with Gasteiger partial charge in [0, 0.05) is 6.54 Å². The fraction of sp³-hybridized carbons (Fsp3) is 0.235. The number of ether oxygens (including phenoxy) is 1. The average molecular weight is 420 g/mol. The molecule has 0 aliphatic heterocycles. The van der Waals surface area contributed by atoms with Gasteiger partial charge < -0.3 is 10.1 Å². The van der Waals surface area contributed by atoms with Crippen molar-refractivity contribution in [3.63, 3.8) is 0 Å². The molecule has 152 valence electrons. The Bertz CT molecular complexity index is 962. The van der Waals surface area contributed by atoms with Crippen molar-refractivity contribution in [2.24, 2.45) is 0 Å². The molecule has 0 aliphatic carbocycles. The lowest BCUT2D eigenvalue weighted by Gasteiger charge is -2.13. The van der Waals surface area contributed by atoms with E-state index in [1.165, 1.54) is 24.3 Å². The molecular formula is C17H16F4N2O4S. The van der Waals surface area contributed by atoms with Gasteiger partial charge in [-0.2, -0.15) is 13.2 Å². The molecule has 0 bridgehead atoms. The van der Waals surface area contributed by atoms with Gasteiger partial charge in [-0.05, 0) is 29.8 Å². The monoisotopic (exact) mass is 420 g/mol. The van der Waals surface area contributed by atoms with E-state index in [2.05, 4.69) is 5.32 Å². The fourth-order valence-electron chi connectivity index (χ4n) is 2.17. The summed E-state index contributed by atoms with van der Waals surface area (Å²) in [6.07, 6.45) is -3.75. The highest BCUT2D eigenvalue weighted by Gasteiger charge is 2.34. The highest BCUT2D eigenvalue weighted by atomic mass is 32.2. The first-order valence-corrected chi connectivity index (χ1v) is 9.67. The normalized spacial score (nSPS) is 11.8. The number of amides is 1. The molecule has 0 unspecified atom stereocenters. The Labute approximate surface area is 158 Å². The first-order valence-electron chi connectivity index (χ1n) is 7.77. The smallest absolute Gasteiger partial charge is 0.419 e. The number of sulfonamides is 1. The van der Waals surface area contributed by atoms with Crippen LogP contribution in [0.15, 0.2) is 42.5 Å². The Morgan fingerprint density at radius 1 is 1.14 bits per heavy atom. The third kappa shape index (κ3) is 6.41. The van der Waals surface area contributed by atoms with Crippen LogP contribution in [0.25, 0.3) is 0 Å². The molecule has 2 rings (SSSR count). The number of para-hydroxylation sites is 1. The van der Waals surface area contributed by atoms with Crippen molar-refractivity contribution in [1.29, 1.82) is 0 Å². The molecule has 0 saturated carbocycles. The number of halogens is 4. The number of alkyl halides is 3. The van der Waals surface area contributed by atoms with Crippen molar-refractivity contribution >= 4 is 21.6 Å². The fourth-order valence-corrected chi connectivity index (χ4v) is 2.74. The van der Waals surface area contributed by atoms with Crippen LogP contribution in [-0.2, 0) is 27.5 Å². The van der Waals surface area contributed by atoms with Crippen LogP contribution in [0.3, 0.4) is 0 Å². The molecule has 2 N–H and O–H groups in total. The summed E-state index contributed by atoms with van der Waals surface area (Å²) < 4.78 is 81.6. The standard InChI is InChI=1S/C17H16F4N2O4S/c1-28(25,26)23-14-7-6-11(8-13(14)18)9-22-16(24)10-27-15-5-3-2-4-12(15)17(19,20)21/h2-8,23H,9-10H2,1H3,(H,22,24). The summed E-state index contributed by atoms with van der Waals surface area (Å²) >= 11 is 0. The third-order valence-corrected chi connectivity index (χ3v) is 3.96. The molecule has 0 spiro atoms. The van der Waals surface area contributed by atoms with E-state index >= 15 is 0 Å². The summed E-state index contributed by atoms with van der Waals surface area (Å²) in [5.74, 6) is -2.03. The topological polar surface area (TPSA) is 84.5 Å². The van der Waals surface area contributed by atoms with E-state index in [0.29, 0.717) is 5.56 Å². The summed E-state index contributed by atoms with van der Waals surface area (Å²) in [5, 5.41) is 2.37. The molecule has 6 nitrogen and oxygen atoms in total. The van der Waals surface area contributed by atoms with Crippen molar-refractivity contribution in [2.45, 2.75) is 12.7 Å². The zero-order valence-electron chi connectivity index (χ0n) is 14.5. The maximum atomic E-state index is 13.9. The lowest BCUT2D eigenvalue weighted by Crippen LogP contribution is -2.28. The Morgan fingerprint density at radius 3 is 2.43 bits per heavy atom. The van der Waals surface area contributed by atoms with Gasteiger partial charge in [0.05, 0.1) is 17.5 Å². The second-order valence-electron chi connectivity index (χ2n) is 5.75. The molecule has 0 aliphatic rings. The first kappa shape index (κ1) is 21.5. The lowest BCUT2D eigenvalue weighted by atomic mass is 10.2. The number of benzene rings is 2. The number of nitrogens with one attached hydrogen (secondary N) is 2. The van der Waals surface area contributed by atoms with Gasteiger partial charge in [-0.3, -0.25) is 9.52 Å². The Kier molecular flexibility index (Phi) is 6.49. The molecular weight excluding hydrogens is 404 g/mol. The van der Waals surface area contributed by atoms with Gasteiger partial charge in [-0.25, -0.2) is 12.8 Å². The number of hydrogen-bond acceptors (Lipinski definition) is 4. The lowest BCUT2D eigenvalue weighted by molar-refractivity contribution is -0.139. The minimum Gasteiger partial charge on any atom is -0.483 e. The summed E-state index contributed by atoms with van der Waals surface area (Å²) in [7, 11) is -3.64. The van der Waals surface area contributed by atoms with E-state index in [-0.39, 0.29) is 12.2 Å². The van der Waals surface area contributed by atoms with Crippen molar-refractivity contribution in [2.75, 3.05) is 17.6 Å². The highest BCUT2D eigenvalue weighted by molar-refractivity contribution is 7.92. The minimum absolute atomic E-state index is 0.126. The number of hydrogen-bond donors (Lipinski definition) is 2. The van der Waals surface area contributed by atoms with Crippen molar-refractivity contribution in [1.82, 2.24) is 5.32 Å². The summed E-state index contributed by atoms with van der Waals surface area (Å²) in [4.78, 5) is 11.8. The quantitative estimate of drug-likeness (QED) is 0.675. The summed E-state index contributed by atoms with van der Waals surface area (Å²) in [6.45, 7) is -0.789. The number of carbonyl (C=O) groups excluding carboxylic acids is 1. The van der Waals surface area contributed by atoms with Gasteiger partial charge in [0.1, 0.15) is 11.6 Å². The predicted molar refractivity (Wildman–Crippen MR) is 93.7 cm³/mol. The van der Waals surface area contributed by atoms with E-state index in [9.17, 15) is 30.8 Å². The van der Waals surface area contributed by atoms with Gasteiger partial charge in [0.15, 0.2) is 6.61 Å². The van der Waals surface area contributed by atoms with Crippen LogP contribution in [-0.4, -0.2) is 27.2 Å². The van der Waals surface area contributed by atoms with Crippen molar-refractivity contribution < 1.29 is 35.5 Å². The van der Waals surface area contributed by atoms with E-state index < -0.39 is 45.8 Å². The molecule has 0 radical (unpaired) electrons. The van der Waals surface area contributed by atoms with Gasteiger partial charge in [0.25, 0.3) is 5.91 Å². The van der Waals surface area contributed by atoms with Crippen LogP contribution in [0, 0.1) is 5.82 Å². The molecule has 0 heterocycles. The second-order valence-corrected chi connectivity index (χ2v) is 7.50. The average Bonchev–Trinajstić information content (AvgIpc) is 2.58. The van der Waals surface area contributed by atoms with E-state index in [0.717, 1.165) is 24.5 Å². The highest BCUT2D eigenvalue weighted by Crippen LogP contribution is 2.35. The van der Waals surface area contributed by atoms with Crippen LogP contribution in [0.2, 0.25) is 0 Å². The van der Waals surface area contributed by atoms with Crippen molar-refractivity contribution in [3.8, 4) is 5.75 Å². The maximum Gasteiger partial charge on any atom is 0.419 e. The maximum absolute atomic E-state index is 13.9. The molecule has 1 amide bonds. The van der Waals surface area contributed by atoms with Gasteiger partial charge in [-0.1, -0.05) is 18.2 Å². The number of anilines is 1.